The van der Waals surface area contributed by atoms with Gasteiger partial charge >= 0.3 is 11.9 Å². The van der Waals surface area contributed by atoms with E-state index in [1.807, 2.05) is 0 Å². The van der Waals surface area contributed by atoms with Crippen molar-refractivity contribution >= 4 is 11.9 Å². The molecular formula is C24H19FO5. The van der Waals surface area contributed by atoms with Crippen molar-refractivity contribution in [2.75, 3.05) is 6.79 Å². The van der Waals surface area contributed by atoms with E-state index in [4.69, 9.17) is 14.2 Å². The molecule has 0 radical (unpaired) electrons. The Hall–Kier alpha value is -3.93. The summed E-state index contributed by atoms with van der Waals surface area (Å²) in [6.45, 7) is 4.76. The minimum atomic E-state index is -0.541. The van der Waals surface area contributed by atoms with E-state index in [2.05, 4.69) is 6.58 Å². The van der Waals surface area contributed by atoms with Crippen molar-refractivity contribution in [1.82, 2.24) is 0 Å². The predicted octanol–water partition coefficient (Wildman–Crippen LogP) is 5.17. The molecule has 3 rings (SSSR count). The summed E-state index contributed by atoms with van der Waals surface area (Å²) in [4.78, 5) is 23.6. The maximum absolute atomic E-state index is 13.0. The molecule has 0 heterocycles. The van der Waals surface area contributed by atoms with Crippen LogP contribution in [0.2, 0.25) is 0 Å². The van der Waals surface area contributed by atoms with Crippen LogP contribution in [0.1, 0.15) is 17.3 Å². The monoisotopic (exact) mass is 406 g/mol. The first kappa shape index (κ1) is 20.8. The smallest absolute Gasteiger partial charge is 0.343 e. The summed E-state index contributed by atoms with van der Waals surface area (Å²) in [5, 5.41) is 0. The van der Waals surface area contributed by atoms with Crippen molar-refractivity contribution < 1.29 is 28.2 Å². The zero-order valence-corrected chi connectivity index (χ0v) is 16.3. The van der Waals surface area contributed by atoms with Gasteiger partial charge in [-0.25, -0.2) is 14.0 Å². The van der Waals surface area contributed by atoms with Crippen molar-refractivity contribution in [2.45, 2.75) is 6.92 Å². The van der Waals surface area contributed by atoms with Crippen LogP contribution in [-0.4, -0.2) is 18.7 Å². The molecule has 0 spiro atoms. The van der Waals surface area contributed by atoms with Crippen molar-refractivity contribution in [3.05, 3.63) is 96.3 Å². The van der Waals surface area contributed by atoms with Crippen LogP contribution in [0.4, 0.5) is 4.39 Å². The number of halogens is 1. The Balaban J connectivity index is 1.56. The average Bonchev–Trinajstić information content (AvgIpc) is 2.75. The molecule has 0 bridgehead atoms. The quantitative estimate of drug-likeness (QED) is 0.235. The molecule has 0 amide bonds. The van der Waals surface area contributed by atoms with E-state index in [0.29, 0.717) is 17.1 Å². The van der Waals surface area contributed by atoms with Gasteiger partial charge in [0.15, 0.2) is 0 Å². The number of carbonyl (C=O) groups is 2. The SMILES string of the molecule is C=C(C)C(=O)OCOc1ccc(C(=O)Oc2ccc(-c3ccc(F)cc3)cc2)cc1. The van der Waals surface area contributed by atoms with Crippen molar-refractivity contribution in [3.8, 4) is 22.6 Å². The van der Waals surface area contributed by atoms with Crippen molar-refractivity contribution in [1.29, 1.82) is 0 Å². The summed E-state index contributed by atoms with van der Waals surface area (Å²) in [7, 11) is 0. The number of carbonyl (C=O) groups excluding carboxylic acids is 2. The Bertz CT molecular complexity index is 1040. The number of ether oxygens (including phenoxy) is 3. The van der Waals surface area contributed by atoms with E-state index in [9.17, 15) is 14.0 Å². The van der Waals surface area contributed by atoms with Gasteiger partial charge in [0, 0.05) is 5.57 Å². The highest BCUT2D eigenvalue weighted by molar-refractivity contribution is 5.91. The molecule has 152 valence electrons. The molecule has 0 unspecified atom stereocenters. The fraction of sp³-hybridized carbons (Fsp3) is 0.0833. The molecule has 0 aliphatic rings. The lowest BCUT2D eigenvalue weighted by Gasteiger charge is -2.08. The first-order valence-corrected chi connectivity index (χ1v) is 9.06. The molecule has 30 heavy (non-hydrogen) atoms. The molecule has 0 fully saturated rings. The number of hydrogen-bond acceptors (Lipinski definition) is 5. The van der Waals surface area contributed by atoms with Crippen LogP contribution in [0, 0.1) is 5.82 Å². The second-order valence-electron chi connectivity index (χ2n) is 6.42. The lowest BCUT2D eigenvalue weighted by Crippen LogP contribution is -2.11. The molecule has 6 heteroatoms. The third-order valence-corrected chi connectivity index (χ3v) is 4.10. The van der Waals surface area contributed by atoms with Crippen LogP contribution >= 0.6 is 0 Å². The number of hydrogen-bond donors (Lipinski definition) is 0. The average molecular weight is 406 g/mol. The van der Waals surface area contributed by atoms with Gasteiger partial charge in [-0.1, -0.05) is 30.8 Å². The first-order chi connectivity index (χ1) is 14.4. The predicted molar refractivity (Wildman–Crippen MR) is 110 cm³/mol. The van der Waals surface area contributed by atoms with E-state index >= 15 is 0 Å². The molecule has 5 nitrogen and oxygen atoms in total. The van der Waals surface area contributed by atoms with Gasteiger partial charge in [-0.3, -0.25) is 0 Å². The van der Waals surface area contributed by atoms with Crippen LogP contribution in [0.25, 0.3) is 11.1 Å². The number of benzene rings is 3. The summed E-state index contributed by atoms with van der Waals surface area (Å²) < 4.78 is 28.5. The Morgan fingerprint density at radius 1 is 0.833 bits per heavy atom. The second-order valence-corrected chi connectivity index (χ2v) is 6.42. The third kappa shape index (κ3) is 5.54. The summed E-state index contributed by atoms with van der Waals surface area (Å²) in [5.74, 6) is -0.540. The van der Waals surface area contributed by atoms with Crippen LogP contribution in [0.5, 0.6) is 11.5 Å². The third-order valence-electron chi connectivity index (χ3n) is 4.10. The van der Waals surface area contributed by atoms with E-state index in [0.717, 1.165) is 11.1 Å². The van der Waals surface area contributed by atoms with Crippen LogP contribution in [-0.2, 0) is 9.53 Å². The maximum atomic E-state index is 13.0. The van der Waals surface area contributed by atoms with E-state index in [1.54, 1.807) is 67.6 Å². The van der Waals surface area contributed by atoms with E-state index in [-0.39, 0.29) is 18.2 Å². The van der Waals surface area contributed by atoms with Gasteiger partial charge in [0.1, 0.15) is 17.3 Å². The van der Waals surface area contributed by atoms with Gasteiger partial charge in [-0.2, -0.15) is 0 Å². The largest absolute Gasteiger partial charge is 0.457 e. The molecule has 0 aliphatic carbocycles. The van der Waals surface area contributed by atoms with E-state index < -0.39 is 11.9 Å². The van der Waals surface area contributed by atoms with Crippen LogP contribution in [0.3, 0.4) is 0 Å². The first-order valence-electron chi connectivity index (χ1n) is 9.06. The Morgan fingerprint density at radius 2 is 1.37 bits per heavy atom. The fourth-order valence-electron chi connectivity index (χ4n) is 2.49. The van der Waals surface area contributed by atoms with E-state index in [1.165, 1.54) is 12.1 Å². The molecule has 0 aliphatic heterocycles. The Kier molecular flexibility index (Phi) is 6.60. The molecule has 0 saturated carbocycles. The molecule has 3 aromatic carbocycles. The van der Waals surface area contributed by atoms with Gasteiger partial charge in [-0.15, -0.1) is 0 Å². The highest BCUT2D eigenvalue weighted by Crippen LogP contribution is 2.23. The van der Waals surface area contributed by atoms with Crippen molar-refractivity contribution in [3.63, 3.8) is 0 Å². The van der Waals surface area contributed by atoms with Crippen molar-refractivity contribution in [2.24, 2.45) is 0 Å². The van der Waals surface area contributed by atoms with Gasteiger partial charge in [0.05, 0.1) is 5.56 Å². The van der Waals surface area contributed by atoms with Crippen LogP contribution < -0.4 is 9.47 Å². The minimum absolute atomic E-state index is 0.254. The minimum Gasteiger partial charge on any atom is -0.457 e. The summed E-state index contributed by atoms with van der Waals surface area (Å²) in [6, 6.07) is 19.3. The normalized spacial score (nSPS) is 10.2. The molecule has 3 aromatic rings. The Morgan fingerprint density at radius 3 is 1.93 bits per heavy atom. The standard InChI is InChI=1S/C24H19FO5/c1-16(2)23(26)29-15-28-21-11-7-19(8-12-21)24(27)30-22-13-5-18(6-14-22)17-3-9-20(25)10-4-17/h3-14H,1,15H2,2H3. The zero-order valence-electron chi connectivity index (χ0n) is 16.3. The second kappa shape index (κ2) is 9.52. The van der Waals surface area contributed by atoms with Gasteiger partial charge in [0.2, 0.25) is 6.79 Å². The number of esters is 2. The Labute approximate surface area is 173 Å². The molecule has 0 atom stereocenters. The highest BCUT2D eigenvalue weighted by atomic mass is 19.1. The molecular weight excluding hydrogens is 387 g/mol. The summed E-state index contributed by atoms with van der Waals surface area (Å²) in [5.41, 5.74) is 2.36. The summed E-state index contributed by atoms with van der Waals surface area (Å²) >= 11 is 0. The molecule has 0 N–H and O–H groups in total. The summed E-state index contributed by atoms with van der Waals surface area (Å²) in [6.07, 6.45) is 0. The maximum Gasteiger partial charge on any atom is 0.343 e. The fourth-order valence-corrected chi connectivity index (χ4v) is 2.49. The van der Waals surface area contributed by atoms with Gasteiger partial charge in [0.25, 0.3) is 0 Å². The number of rotatable bonds is 7. The zero-order chi connectivity index (χ0) is 21.5. The topological polar surface area (TPSA) is 61.8 Å². The van der Waals surface area contributed by atoms with Gasteiger partial charge in [-0.05, 0) is 66.6 Å². The van der Waals surface area contributed by atoms with Crippen LogP contribution in [0.15, 0.2) is 84.9 Å². The highest BCUT2D eigenvalue weighted by Gasteiger charge is 2.10. The molecule has 0 aromatic heterocycles. The lowest BCUT2D eigenvalue weighted by molar-refractivity contribution is -0.145. The lowest BCUT2D eigenvalue weighted by atomic mass is 10.1. The van der Waals surface area contributed by atoms with Gasteiger partial charge < -0.3 is 14.2 Å². The molecule has 0 saturated heterocycles.